The van der Waals surface area contributed by atoms with Crippen molar-refractivity contribution in [1.82, 2.24) is 10.2 Å². The van der Waals surface area contributed by atoms with E-state index in [1.165, 1.54) is 19.3 Å². The summed E-state index contributed by atoms with van der Waals surface area (Å²) in [7, 11) is 1.65. The Morgan fingerprint density at radius 3 is 2.26 bits per heavy atom. The number of hydrogen-bond donors (Lipinski definition) is 1. The van der Waals surface area contributed by atoms with Crippen LogP contribution in [0, 0.1) is 11.8 Å². The van der Waals surface area contributed by atoms with Crippen molar-refractivity contribution in [3.63, 3.8) is 0 Å². The molecule has 1 fully saturated rings. The molecule has 1 rings (SSSR count). The number of hydrogen-bond acceptors (Lipinski definition) is 4. The highest BCUT2D eigenvalue weighted by Crippen LogP contribution is 2.28. The average molecular weight is 328 g/mol. The number of carbonyl (C=O) groups excluding carboxylic acids is 1. The van der Waals surface area contributed by atoms with Gasteiger partial charge in [0.1, 0.15) is 5.60 Å². The lowest BCUT2D eigenvalue weighted by atomic mass is 9.80. The number of nitrogens with one attached hydrogen (secondary N) is 1. The summed E-state index contributed by atoms with van der Waals surface area (Å²) < 4.78 is 10.6. The van der Waals surface area contributed by atoms with E-state index in [9.17, 15) is 4.79 Å². The minimum absolute atomic E-state index is 0.262. The number of carbonyl (C=O) groups is 1. The second-order valence-corrected chi connectivity index (χ2v) is 8.03. The maximum atomic E-state index is 12.3. The first kappa shape index (κ1) is 20.2. The predicted octanol–water partition coefficient (Wildman–Crippen LogP) is 3.28. The van der Waals surface area contributed by atoms with Crippen LogP contribution in [0.15, 0.2) is 0 Å². The molecule has 1 saturated carbocycles. The normalized spacial score (nSPS) is 25.2. The third-order valence-corrected chi connectivity index (χ3v) is 4.21. The molecule has 1 aliphatic rings. The summed E-state index contributed by atoms with van der Waals surface area (Å²) in [5.41, 5.74) is -0.468. The van der Waals surface area contributed by atoms with Crippen LogP contribution in [0.25, 0.3) is 0 Å². The zero-order valence-corrected chi connectivity index (χ0v) is 15.9. The Bertz CT molecular complexity index is 345. The van der Waals surface area contributed by atoms with Gasteiger partial charge < -0.3 is 19.7 Å². The number of methoxy groups -OCH3 is 1. The predicted molar refractivity (Wildman–Crippen MR) is 93.7 cm³/mol. The van der Waals surface area contributed by atoms with Gasteiger partial charge in [-0.15, -0.1) is 0 Å². The molecule has 0 bridgehead atoms. The monoisotopic (exact) mass is 328 g/mol. The van der Waals surface area contributed by atoms with Gasteiger partial charge in [0.25, 0.3) is 0 Å². The summed E-state index contributed by atoms with van der Waals surface area (Å²) in [6.07, 6.45) is 3.53. The van der Waals surface area contributed by atoms with E-state index in [0.29, 0.717) is 25.7 Å². The summed E-state index contributed by atoms with van der Waals surface area (Å²) >= 11 is 0. The van der Waals surface area contributed by atoms with Crippen LogP contribution in [0.5, 0.6) is 0 Å². The molecule has 5 nitrogen and oxygen atoms in total. The smallest absolute Gasteiger partial charge is 0.410 e. The van der Waals surface area contributed by atoms with Gasteiger partial charge in [0, 0.05) is 32.8 Å². The van der Waals surface area contributed by atoms with Crippen LogP contribution in [-0.4, -0.2) is 56.0 Å². The third-order valence-electron chi connectivity index (χ3n) is 4.21. The van der Waals surface area contributed by atoms with Gasteiger partial charge in [-0.1, -0.05) is 13.8 Å². The van der Waals surface area contributed by atoms with E-state index in [-0.39, 0.29) is 6.09 Å². The number of nitrogens with zero attached hydrogens (tertiary/aromatic N) is 1. The van der Waals surface area contributed by atoms with Crippen molar-refractivity contribution in [1.29, 1.82) is 0 Å². The fraction of sp³-hybridized carbons (Fsp3) is 0.944. The molecular formula is C18H36N2O3. The Labute approximate surface area is 142 Å². The third kappa shape index (κ3) is 8.56. The van der Waals surface area contributed by atoms with Crippen LogP contribution in [0.4, 0.5) is 4.79 Å². The van der Waals surface area contributed by atoms with Gasteiger partial charge >= 0.3 is 6.09 Å². The molecule has 0 aromatic heterocycles. The molecule has 2 unspecified atom stereocenters. The van der Waals surface area contributed by atoms with Gasteiger partial charge in [0.2, 0.25) is 0 Å². The molecule has 0 aromatic carbocycles. The molecule has 1 amide bonds. The molecule has 1 N–H and O–H groups in total. The van der Waals surface area contributed by atoms with E-state index in [1.807, 2.05) is 20.8 Å². The standard InChI is InChI=1S/C18H36N2O3/c1-14-11-15(2)13-16(12-14)19-7-8-20(9-10-22-6)17(21)23-18(3,4)5/h14-16,19H,7-13H2,1-6H3. The van der Waals surface area contributed by atoms with E-state index in [2.05, 4.69) is 19.2 Å². The number of ether oxygens (including phenoxy) is 2. The SMILES string of the molecule is COCCN(CCNC1CC(C)CC(C)C1)C(=O)OC(C)(C)C. The molecule has 0 spiro atoms. The van der Waals surface area contributed by atoms with Gasteiger partial charge in [0.15, 0.2) is 0 Å². The van der Waals surface area contributed by atoms with Crippen LogP contribution in [0.2, 0.25) is 0 Å². The van der Waals surface area contributed by atoms with Crippen molar-refractivity contribution in [3.8, 4) is 0 Å². The topological polar surface area (TPSA) is 50.8 Å². The van der Waals surface area contributed by atoms with E-state index in [1.54, 1.807) is 12.0 Å². The van der Waals surface area contributed by atoms with Crippen molar-refractivity contribution in [2.24, 2.45) is 11.8 Å². The van der Waals surface area contributed by atoms with Gasteiger partial charge in [-0.05, 0) is 51.9 Å². The molecule has 0 aliphatic heterocycles. The summed E-state index contributed by atoms with van der Waals surface area (Å²) in [5, 5.41) is 3.62. The first-order valence-corrected chi connectivity index (χ1v) is 8.91. The summed E-state index contributed by atoms with van der Waals surface area (Å²) in [6, 6.07) is 0.566. The maximum absolute atomic E-state index is 12.3. The van der Waals surface area contributed by atoms with Crippen molar-refractivity contribution >= 4 is 6.09 Å². The van der Waals surface area contributed by atoms with Crippen LogP contribution >= 0.6 is 0 Å². The van der Waals surface area contributed by atoms with Crippen molar-refractivity contribution in [2.75, 3.05) is 33.4 Å². The van der Waals surface area contributed by atoms with E-state index < -0.39 is 5.60 Å². The maximum Gasteiger partial charge on any atom is 0.410 e. The minimum atomic E-state index is -0.468. The molecular weight excluding hydrogens is 292 g/mol. The summed E-state index contributed by atoms with van der Waals surface area (Å²) in [6.45, 7) is 12.9. The Morgan fingerprint density at radius 2 is 1.74 bits per heavy atom. The average Bonchev–Trinajstić information content (AvgIpc) is 2.39. The van der Waals surface area contributed by atoms with Crippen molar-refractivity contribution in [2.45, 2.75) is 65.5 Å². The van der Waals surface area contributed by atoms with E-state index in [0.717, 1.165) is 18.4 Å². The van der Waals surface area contributed by atoms with Crippen LogP contribution in [0.1, 0.15) is 53.9 Å². The molecule has 1 aliphatic carbocycles. The molecule has 0 heterocycles. The zero-order valence-electron chi connectivity index (χ0n) is 15.9. The highest BCUT2D eigenvalue weighted by atomic mass is 16.6. The lowest BCUT2D eigenvalue weighted by molar-refractivity contribution is 0.0201. The second kappa shape index (κ2) is 9.48. The fourth-order valence-electron chi connectivity index (χ4n) is 3.34. The highest BCUT2D eigenvalue weighted by Gasteiger charge is 2.25. The molecule has 2 atom stereocenters. The highest BCUT2D eigenvalue weighted by molar-refractivity contribution is 5.68. The van der Waals surface area contributed by atoms with Crippen LogP contribution in [-0.2, 0) is 9.47 Å². The van der Waals surface area contributed by atoms with Crippen molar-refractivity contribution < 1.29 is 14.3 Å². The second-order valence-electron chi connectivity index (χ2n) is 8.03. The molecule has 0 radical (unpaired) electrons. The van der Waals surface area contributed by atoms with Gasteiger partial charge in [-0.2, -0.15) is 0 Å². The lowest BCUT2D eigenvalue weighted by Gasteiger charge is -2.33. The summed E-state index contributed by atoms with van der Waals surface area (Å²) in [4.78, 5) is 14.0. The number of amides is 1. The van der Waals surface area contributed by atoms with Crippen LogP contribution in [0.3, 0.4) is 0 Å². The molecule has 0 saturated heterocycles. The lowest BCUT2D eigenvalue weighted by Crippen LogP contribution is -2.44. The van der Waals surface area contributed by atoms with E-state index in [4.69, 9.17) is 9.47 Å². The quantitative estimate of drug-likeness (QED) is 0.779. The first-order valence-electron chi connectivity index (χ1n) is 8.91. The summed E-state index contributed by atoms with van der Waals surface area (Å²) in [5.74, 6) is 1.57. The Kier molecular flexibility index (Phi) is 8.34. The zero-order chi connectivity index (χ0) is 17.5. The Balaban J connectivity index is 2.42. The first-order chi connectivity index (χ1) is 10.7. The number of rotatable bonds is 7. The molecule has 136 valence electrons. The molecule has 5 heteroatoms. The van der Waals surface area contributed by atoms with E-state index >= 15 is 0 Å². The van der Waals surface area contributed by atoms with Gasteiger partial charge in [-0.3, -0.25) is 0 Å². The largest absolute Gasteiger partial charge is 0.444 e. The van der Waals surface area contributed by atoms with Gasteiger partial charge in [-0.25, -0.2) is 4.79 Å². The van der Waals surface area contributed by atoms with Crippen LogP contribution < -0.4 is 5.32 Å². The van der Waals surface area contributed by atoms with Gasteiger partial charge in [0.05, 0.1) is 6.61 Å². The Hall–Kier alpha value is -0.810. The molecule has 23 heavy (non-hydrogen) atoms. The van der Waals surface area contributed by atoms with Crippen molar-refractivity contribution in [3.05, 3.63) is 0 Å². The molecule has 0 aromatic rings. The fourth-order valence-corrected chi connectivity index (χ4v) is 3.34. The Morgan fingerprint density at radius 1 is 1.13 bits per heavy atom. The minimum Gasteiger partial charge on any atom is -0.444 e.